The summed E-state index contributed by atoms with van der Waals surface area (Å²) in [5.41, 5.74) is 3.17. The maximum Gasteiger partial charge on any atom is 0.340 e. The van der Waals surface area contributed by atoms with Gasteiger partial charge in [0.1, 0.15) is 5.75 Å². The number of aromatic amines is 1. The van der Waals surface area contributed by atoms with Gasteiger partial charge in [-0.25, -0.2) is 4.79 Å². The molecule has 1 aromatic heterocycles. The van der Waals surface area contributed by atoms with E-state index in [9.17, 15) is 15.0 Å². The molecule has 0 saturated carbocycles. The van der Waals surface area contributed by atoms with E-state index in [1.807, 2.05) is 25.3 Å². The van der Waals surface area contributed by atoms with Crippen LogP contribution in [0.15, 0.2) is 48.7 Å². The minimum atomic E-state index is -0.668. The number of esters is 1. The molecule has 0 aliphatic carbocycles. The summed E-state index contributed by atoms with van der Waals surface area (Å²) >= 11 is 0. The van der Waals surface area contributed by atoms with Gasteiger partial charge >= 0.3 is 5.97 Å². The summed E-state index contributed by atoms with van der Waals surface area (Å²) in [6.45, 7) is 4.73. The summed E-state index contributed by atoms with van der Waals surface area (Å²) in [5, 5.41) is 24.2. The number of aromatic nitrogens is 1. The van der Waals surface area contributed by atoms with E-state index in [0.29, 0.717) is 18.7 Å². The van der Waals surface area contributed by atoms with Crippen LogP contribution in [-0.4, -0.2) is 40.4 Å². The molecule has 0 aliphatic rings. The van der Waals surface area contributed by atoms with Gasteiger partial charge in [0.25, 0.3) is 0 Å². The second kappa shape index (κ2) is 8.91. The molecular formula is C22H26N2O4. The predicted molar refractivity (Wildman–Crippen MR) is 108 cm³/mol. The van der Waals surface area contributed by atoms with Gasteiger partial charge < -0.3 is 25.3 Å². The third kappa shape index (κ3) is 4.35. The summed E-state index contributed by atoms with van der Waals surface area (Å²) < 4.78 is 5.12. The minimum absolute atomic E-state index is 0.148. The van der Waals surface area contributed by atoms with E-state index in [4.69, 9.17) is 4.74 Å². The molecule has 4 N–H and O–H groups in total. The Hall–Kier alpha value is -2.83. The smallest absolute Gasteiger partial charge is 0.340 e. The molecule has 6 heteroatoms. The number of nitrogens with one attached hydrogen (secondary N) is 2. The third-order valence-corrected chi connectivity index (χ3v) is 4.87. The third-order valence-electron chi connectivity index (χ3n) is 4.87. The van der Waals surface area contributed by atoms with Gasteiger partial charge in [-0.2, -0.15) is 0 Å². The van der Waals surface area contributed by atoms with Crippen molar-refractivity contribution in [2.75, 3.05) is 13.2 Å². The molecule has 0 aliphatic heterocycles. The molecule has 0 bridgehead atoms. The highest BCUT2D eigenvalue weighted by Gasteiger charge is 2.17. The predicted octanol–water partition coefficient (Wildman–Crippen LogP) is 3.30. The van der Waals surface area contributed by atoms with Crippen LogP contribution in [-0.2, 0) is 11.2 Å². The highest BCUT2D eigenvalue weighted by molar-refractivity contribution is 6.03. The van der Waals surface area contributed by atoms with Crippen LogP contribution in [0.5, 0.6) is 5.75 Å². The van der Waals surface area contributed by atoms with Gasteiger partial charge in [-0.05, 0) is 56.1 Å². The van der Waals surface area contributed by atoms with E-state index in [-0.39, 0.29) is 17.8 Å². The molecule has 0 spiro atoms. The second-order valence-corrected chi connectivity index (χ2v) is 6.79. The first-order valence-electron chi connectivity index (χ1n) is 9.47. The second-order valence-electron chi connectivity index (χ2n) is 6.79. The number of ether oxygens (including phenoxy) is 1. The monoisotopic (exact) mass is 382 g/mol. The van der Waals surface area contributed by atoms with Crippen molar-refractivity contribution in [2.45, 2.75) is 32.4 Å². The van der Waals surface area contributed by atoms with Crippen LogP contribution < -0.4 is 5.32 Å². The number of aliphatic hydroxyl groups excluding tert-OH is 1. The Morgan fingerprint density at radius 3 is 2.68 bits per heavy atom. The molecule has 3 aromatic rings. The Labute approximate surface area is 164 Å². The highest BCUT2D eigenvalue weighted by Crippen LogP contribution is 2.23. The molecule has 0 unspecified atom stereocenters. The maximum atomic E-state index is 12.1. The van der Waals surface area contributed by atoms with E-state index >= 15 is 0 Å². The Bertz CT molecular complexity index is 933. The SMILES string of the molecule is CCOC(=O)c1cccc2c(CCN[C@@H](C)[C@@H](O)c3ccc(O)cc3)c[nH]c12. The molecule has 1 heterocycles. The van der Waals surface area contributed by atoms with E-state index in [2.05, 4.69) is 10.3 Å². The standard InChI is InChI=1S/C22H26N2O4/c1-3-28-22(27)19-6-4-5-18-16(13-24-20(18)19)11-12-23-14(2)21(26)15-7-9-17(25)10-8-15/h4-10,13-14,21,23-26H,3,11-12H2,1-2H3/t14-,21+/m0/s1. The first kappa shape index (κ1) is 19.9. The molecule has 3 rings (SSSR count). The van der Waals surface area contributed by atoms with Crippen molar-refractivity contribution in [1.29, 1.82) is 0 Å². The number of rotatable bonds is 8. The van der Waals surface area contributed by atoms with Gasteiger partial charge in [0.15, 0.2) is 0 Å². The molecule has 2 atom stereocenters. The summed E-state index contributed by atoms with van der Waals surface area (Å²) in [6, 6.07) is 12.0. The zero-order valence-electron chi connectivity index (χ0n) is 16.1. The van der Waals surface area contributed by atoms with Crippen LogP contribution in [0.25, 0.3) is 10.9 Å². The lowest BCUT2D eigenvalue weighted by molar-refractivity contribution is 0.0528. The molecule has 6 nitrogen and oxygen atoms in total. The van der Waals surface area contributed by atoms with Crippen LogP contribution >= 0.6 is 0 Å². The summed E-state index contributed by atoms with van der Waals surface area (Å²) in [7, 11) is 0. The van der Waals surface area contributed by atoms with E-state index in [1.165, 1.54) is 0 Å². The summed E-state index contributed by atoms with van der Waals surface area (Å²) in [4.78, 5) is 15.3. The van der Waals surface area contributed by atoms with Crippen LogP contribution in [0, 0.1) is 0 Å². The van der Waals surface area contributed by atoms with Gasteiger partial charge in [0, 0.05) is 17.6 Å². The number of carbonyl (C=O) groups is 1. The van der Waals surface area contributed by atoms with Gasteiger partial charge in [-0.1, -0.05) is 24.3 Å². The molecule has 28 heavy (non-hydrogen) atoms. The zero-order valence-corrected chi connectivity index (χ0v) is 16.1. The number of hydrogen-bond acceptors (Lipinski definition) is 5. The highest BCUT2D eigenvalue weighted by atomic mass is 16.5. The number of fused-ring (bicyclic) bond motifs is 1. The Balaban J connectivity index is 1.63. The first-order valence-corrected chi connectivity index (χ1v) is 9.47. The Kier molecular flexibility index (Phi) is 6.34. The van der Waals surface area contributed by atoms with Crippen molar-refractivity contribution in [3.63, 3.8) is 0 Å². The number of para-hydroxylation sites is 1. The molecule has 0 saturated heterocycles. The van der Waals surface area contributed by atoms with Gasteiger partial charge in [0.05, 0.1) is 23.8 Å². The number of carbonyl (C=O) groups excluding carboxylic acids is 1. The van der Waals surface area contributed by atoms with Gasteiger partial charge in [-0.15, -0.1) is 0 Å². The fourth-order valence-corrected chi connectivity index (χ4v) is 3.30. The van der Waals surface area contributed by atoms with Crippen LogP contribution in [0.4, 0.5) is 0 Å². The number of benzene rings is 2. The minimum Gasteiger partial charge on any atom is -0.508 e. The molecule has 148 valence electrons. The van der Waals surface area contributed by atoms with Crippen LogP contribution in [0.2, 0.25) is 0 Å². The fourth-order valence-electron chi connectivity index (χ4n) is 3.30. The number of aromatic hydroxyl groups is 1. The number of H-pyrrole nitrogens is 1. The van der Waals surface area contributed by atoms with Crippen molar-refractivity contribution < 1.29 is 19.7 Å². The zero-order chi connectivity index (χ0) is 20.1. The molecule has 0 fully saturated rings. The number of hydrogen-bond donors (Lipinski definition) is 4. The summed E-state index contributed by atoms with van der Waals surface area (Å²) in [5.74, 6) is -0.150. The van der Waals surface area contributed by atoms with Crippen LogP contribution in [0.1, 0.15) is 41.4 Å². The lowest BCUT2D eigenvalue weighted by atomic mass is 10.0. The molecule has 0 radical (unpaired) electrons. The number of aliphatic hydroxyl groups is 1. The van der Waals surface area contributed by atoms with Crippen molar-refractivity contribution in [3.8, 4) is 5.75 Å². The van der Waals surface area contributed by atoms with E-state index < -0.39 is 6.10 Å². The van der Waals surface area contributed by atoms with Gasteiger partial charge in [-0.3, -0.25) is 0 Å². The fraction of sp³-hybridized carbons (Fsp3) is 0.318. The van der Waals surface area contributed by atoms with Crippen molar-refractivity contribution >= 4 is 16.9 Å². The van der Waals surface area contributed by atoms with Crippen molar-refractivity contribution in [1.82, 2.24) is 10.3 Å². The molecule has 2 aromatic carbocycles. The average molecular weight is 382 g/mol. The molecule has 0 amide bonds. The van der Waals surface area contributed by atoms with Crippen molar-refractivity contribution in [3.05, 3.63) is 65.4 Å². The molecular weight excluding hydrogens is 356 g/mol. The Morgan fingerprint density at radius 2 is 1.96 bits per heavy atom. The quantitative estimate of drug-likeness (QED) is 0.449. The average Bonchev–Trinajstić information content (AvgIpc) is 3.11. The Morgan fingerprint density at radius 1 is 1.21 bits per heavy atom. The van der Waals surface area contributed by atoms with Gasteiger partial charge in [0.2, 0.25) is 0 Å². The lowest BCUT2D eigenvalue weighted by Gasteiger charge is -2.20. The largest absolute Gasteiger partial charge is 0.508 e. The maximum absolute atomic E-state index is 12.1. The number of phenolic OH excluding ortho intramolecular Hbond substituents is 1. The first-order chi connectivity index (χ1) is 13.5. The summed E-state index contributed by atoms with van der Waals surface area (Å²) in [6.07, 6.45) is 1.99. The van der Waals surface area contributed by atoms with E-state index in [1.54, 1.807) is 37.3 Å². The normalized spacial score (nSPS) is 13.4. The number of phenols is 1. The topological polar surface area (TPSA) is 94.6 Å². The van der Waals surface area contributed by atoms with Crippen molar-refractivity contribution in [2.24, 2.45) is 0 Å². The lowest BCUT2D eigenvalue weighted by Crippen LogP contribution is -2.33. The van der Waals surface area contributed by atoms with E-state index in [0.717, 1.165) is 28.5 Å². The van der Waals surface area contributed by atoms with Crippen LogP contribution in [0.3, 0.4) is 0 Å².